The van der Waals surface area contributed by atoms with Crippen LogP contribution in [0, 0.1) is 0 Å². The van der Waals surface area contributed by atoms with Crippen LogP contribution in [0.2, 0.25) is 0 Å². The van der Waals surface area contributed by atoms with Crippen LogP contribution in [0.15, 0.2) is 90.0 Å². The van der Waals surface area contributed by atoms with E-state index in [2.05, 4.69) is 10.3 Å². The number of alkyl halides is 2. The lowest BCUT2D eigenvalue weighted by molar-refractivity contribution is 0.486. The summed E-state index contributed by atoms with van der Waals surface area (Å²) in [5.41, 5.74) is 3.40. The summed E-state index contributed by atoms with van der Waals surface area (Å²) >= 11 is 11.7. The fraction of sp³-hybridized carbons (Fsp3) is 0.160. The van der Waals surface area contributed by atoms with Crippen molar-refractivity contribution in [3.63, 3.8) is 0 Å². The predicted molar refractivity (Wildman–Crippen MR) is 139 cm³/mol. The van der Waals surface area contributed by atoms with Crippen LogP contribution in [0.4, 0.5) is 17.1 Å². The molecule has 4 aromatic rings. The van der Waals surface area contributed by atoms with Gasteiger partial charge in [-0.05, 0) is 60.7 Å². The predicted octanol–water partition coefficient (Wildman–Crippen LogP) is 6.03. The van der Waals surface area contributed by atoms with E-state index in [4.69, 9.17) is 27.4 Å². The minimum Gasteiger partial charge on any atom is -0.379 e. The molecule has 9 heteroatoms. The molecule has 0 aliphatic heterocycles. The summed E-state index contributed by atoms with van der Waals surface area (Å²) in [5, 5.41) is 4.29. The number of benzene rings is 3. The summed E-state index contributed by atoms with van der Waals surface area (Å²) in [6.07, 6.45) is 1.73. The molecule has 0 bridgehead atoms. The second-order valence-electron chi connectivity index (χ2n) is 7.42. The molecule has 4 rings (SSSR count). The van der Waals surface area contributed by atoms with Crippen LogP contribution in [0.5, 0.6) is 5.75 Å². The van der Waals surface area contributed by atoms with Gasteiger partial charge in [-0.2, -0.15) is 8.42 Å². The molecule has 3 aromatic carbocycles. The Morgan fingerprint density at radius 3 is 2.21 bits per heavy atom. The van der Waals surface area contributed by atoms with Crippen molar-refractivity contribution in [2.45, 2.75) is 4.90 Å². The Labute approximate surface area is 209 Å². The number of aromatic nitrogens is 1. The van der Waals surface area contributed by atoms with Gasteiger partial charge in [0.1, 0.15) is 10.6 Å². The second kappa shape index (κ2) is 11.0. The molecule has 0 fully saturated rings. The zero-order chi connectivity index (χ0) is 24.0. The van der Waals surface area contributed by atoms with Crippen molar-refractivity contribution in [3.8, 4) is 5.75 Å². The number of para-hydroxylation sites is 1. The highest BCUT2D eigenvalue weighted by Crippen LogP contribution is 2.27. The fourth-order valence-electron chi connectivity index (χ4n) is 3.53. The first-order valence-electron chi connectivity index (χ1n) is 10.6. The van der Waals surface area contributed by atoms with E-state index in [-0.39, 0.29) is 10.6 Å². The van der Waals surface area contributed by atoms with Gasteiger partial charge in [-0.1, -0.05) is 18.2 Å². The highest BCUT2D eigenvalue weighted by molar-refractivity contribution is 7.87. The normalized spacial score (nSPS) is 11.4. The molecule has 0 amide bonds. The Kier molecular flexibility index (Phi) is 7.77. The highest BCUT2D eigenvalue weighted by Gasteiger charge is 2.17. The maximum absolute atomic E-state index is 12.8. The smallest absolute Gasteiger partial charge is 0.339 e. The lowest BCUT2D eigenvalue weighted by Gasteiger charge is -2.22. The van der Waals surface area contributed by atoms with Gasteiger partial charge >= 0.3 is 10.1 Å². The molecule has 6 nitrogen and oxygen atoms in total. The average molecular weight is 516 g/mol. The molecule has 0 saturated heterocycles. The molecule has 0 aliphatic carbocycles. The van der Waals surface area contributed by atoms with E-state index in [1.165, 1.54) is 12.1 Å². The number of nitrogens with zero attached hydrogens (tertiary/aromatic N) is 2. The number of anilines is 3. The number of rotatable bonds is 10. The number of fused-ring (bicyclic) bond motifs is 1. The SMILES string of the molecule is O=S(=O)(Oc1ccc(N(CCCl)CCCl)cc1)c1ccc(Nc2ccnc3ccccc23)cc1. The number of pyridine rings is 1. The second-order valence-corrected chi connectivity index (χ2v) is 9.72. The Morgan fingerprint density at radius 2 is 1.53 bits per heavy atom. The van der Waals surface area contributed by atoms with Crippen molar-refractivity contribution in [3.05, 3.63) is 85.1 Å². The Morgan fingerprint density at radius 1 is 0.853 bits per heavy atom. The summed E-state index contributed by atoms with van der Waals surface area (Å²) in [7, 11) is -3.98. The first-order chi connectivity index (χ1) is 16.5. The molecular formula is C25H23Cl2N3O3S. The topological polar surface area (TPSA) is 71.5 Å². The van der Waals surface area contributed by atoms with Gasteiger partial charge in [0, 0.05) is 53.5 Å². The maximum atomic E-state index is 12.8. The van der Waals surface area contributed by atoms with E-state index in [0.717, 1.165) is 28.0 Å². The Balaban J connectivity index is 1.46. The number of hydrogen-bond acceptors (Lipinski definition) is 6. The van der Waals surface area contributed by atoms with Gasteiger partial charge in [0.05, 0.1) is 5.52 Å². The molecule has 34 heavy (non-hydrogen) atoms. The lowest BCUT2D eigenvalue weighted by atomic mass is 10.2. The zero-order valence-electron chi connectivity index (χ0n) is 18.2. The highest BCUT2D eigenvalue weighted by atomic mass is 35.5. The van der Waals surface area contributed by atoms with Gasteiger partial charge in [-0.3, -0.25) is 4.98 Å². The third-order valence-corrected chi connectivity index (χ3v) is 6.79. The largest absolute Gasteiger partial charge is 0.379 e. The standard InChI is InChI=1S/C25H23Cl2N3O3S/c26-14-17-30(18-15-27)20-7-9-21(10-8-20)33-34(31,32)22-11-5-19(6-12-22)29-25-13-16-28-24-4-2-1-3-23(24)25/h1-13,16H,14-15,17-18H2,(H,28,29). The van der Waals surface area contributed by atoms with Crippen LogP contribution in [0.1, 0.15) is 0 Å². The van der Waals surface area contributed by atoms with Gasteiger partial charge in [-0.15, -0.1) is 23.2 Å². The van der Waals surface area contributed by atoms with Crippen LogP contribution in [0.25, 0.3) is 10.9 Å². The molecule has 0 atom stereocenters. The monoisotopic (exact) mass is 515 g/mol. The van der Waals surface area contributed by atoms with E-state index in [0.29, 0.717) is 24.8 Å². The lowest BCUT2D eigenvalue weighted by Crippen LogP contribution is -2.27. The van der Waals surface area contributed by atoms with Crippen LogP contribution in [-0.2, 0) is 10.1 Å². The molecule has 0 unspecified atom stereocenters. The van der Waals surface area contributed by atoms with Crippen molar-refractivity contribution < 1.29 is 12.6 Å². The summed E-state index contributed by atoms with van der Waals surface area (Å²) in [6, 6.07) is 22.9. The molecule has 1 N–H and O–H groups in total. The van der Waals surface area contributed by atoms with E-state index < -0.39 is 10.1 Å². The number of halogens is 2. The molecule has 0 spiro atoms. The number of hydrogen-bond donors (Lipinski definition) is 1. The minimum atomic E-state index is -3.98. The van der Waals surface area contributed by atoms with Crippen molar-refractivity contribution in [1.82, 2.24) is 4.98 Å². The minimum absolute atomic E-state index is 0.0626. The average Bonchev–Trinajstić information content (AvgIpc) is 2.85. The van der Waals surface area contributed by atoms with E-state index in [1.54, 1.807) is 42.6 Å². The summed E-state index contributed by atoms with van der Waals surface area (Å²) in [4.78, 5) is 6.44. The van der Waals surface area contributed by atoms with Gasteiger partial charge < -0.3 is 14.4 Å². The summed E-state index contributed by atoms with van der Waals surface area (Å²) < 4.78 is 30.9. The van der Waals surface area contributed by atoms with Crippen molar-refractivity contribution >= 4 is 61.3 Å². The van der Waals surface area contributed by atoms with Crippen molar-refractivity contribution in [2.24, 2.45) is 0 Å². The van der Waals surface area contributed by atoms with Crippen LogP contribution < -0.4 is 14.4 Å². The summed E-state index contributed by atoms with van der Waals surface area (Å²) in [6.45, 7) is 1.28. The van der Waals surface area contributed by atoms with E-state index in [1.807, 2.05) is 35.2 Å². The zero-order valence-corrected chi connectivity index (χ0v) is 20.5. The number of nitrogens with one attached hydrogen (secondary N) is 1. The molecule has 1 heterocycles. The van der Waals surface area contributed by atoms with Gasteiger partial charge in [-0.25, -0.2) is 0 Å². The fourth-order valence-corrected chi connectivity index (χ4v) is 4.86. The summed E-state index contributed by atoms with van der Waals surface area (Å²) in [5.74, 6) is 1.16. The molecule has 0 aliphatic rings. The third-order valence-electron chi connectivity index (χ3n) is 5.19. The third kappa shape index (κ3) is 5.73. The van der Waals surface area contributed by atoms with Gasteiger partial charge in [0.2, 0.25) is 0 Å². The molecule has 0 radical (unpaired) electrons. The quantitative estimate of drug-likeness (QED) is 0.205. The van der Waals surface area contributed by atoms with Crippen LogP contribution >= 0.6 is 23.2 Å². The maximum Gasteiger partial charge on any atom is 0.339 e. The van der Waals surface area contributed by atoms with Crippen molar-refractivity contribution in [1.29, 1.82) is 0 Å². The van der Waals surface area contributed by atoms with Crippen LogP contribution in [0.3, 0.4) is 0 Å². The molecule has 0 saturated carbocycles. The first kappa shape index (κ1) is 24.1. The van der Waals surface area contributed by atoms with Crippen LogP contribution in [-0.4, -0.2) is 38.3 Å². The Hall–Kier alpha value is -3.00. The molecule has 176 valence electrons. The van der Waals surface area contributed by atoms with E-state index >= 15 is 0 Å². The molecular weight excluding hydrogens is 493 g/mol. The first-order valence-corrected chi connectivity index (χ1v) is 13.1. The van der Waals surface area contributed by atoms with Crippen molar-refractivity contribution in [2.75, 3.05) is 35.1 Å². The molecule has 1 aromatic heterocycles. The van der Waals surface area contributed by atoms with E-state index in [9.17, 15) is 8.42 Å². The Bertz CT molecular complexity index is 1340. The van der Waals surface area contributed by atoms with Gasteiger partial charge in [0.25, 0.3) is 0 Å². The van der Waals surface area contributed by atoms with Gasteiger partial charge in [0.15, 0.2) is 0 Å².